The maximum absolute atomic E-state index is 13.3. The SMILES string of the molecule is Cc1noc(C)c1CCC(=O)N1CCC(=Cc2cccc(F)c2)CC1. The highest BCUT2D eigenvalue weighted by Gasteiger charge is 2.20. The Kier molecular flexibility index (Phi) is 5.31. The van der Waals surface area contributed by atoms with Gasteiger partial charge in [0.25, 0.3) is 0 Å². The molecule has 0 spiro atoms. The molecule has 4 nitrogen and oxygen atoms in total. The van der Waals surface area contributed by atoms with Crippen molar-refractivity contribution in [2.75, 3.05) is 13.1 Å². The van der Waals surface area contributed by atoms with Crippen LogP contribution in [0, 0.1) is 19.7 Å². The molecule has 0 N–H and O–H groups in total. The number of carbonyl (C=O) groups excluding carboxylic acids is 1. The molecule has 0 bridgehead atoms. The number of likely N-dealkylation sites (tertiary alicyclic amines) is 1. The van der Waals surface area contributed by atoms with Crippen LogP contribution >= 0.6 is 0 Å². The lowest BCUT2D eigenvalue weighted by atomic mass is 10.00. The number of aryl methyl sites for hydroxylation is 2. The number of aromatic nitrogens is 1. The number of carbonyl (C=O) groups is 1. The van der Waals surface area contributed by atoms with Gasteiger partial charge in [0.1, 0.15) is 11.6 Å². The van der Waals surface area contributed by atoms with Crippen LogP contribution in [0.2, 0.25) is 0 Å². The predicted molar refractivity (Wildman–Crippen MR) is 94.5 cm³/mol. The molecule has 0 aliphatic carbocycles. The number of benzene rings is 1. The number of amides is 1. The Morgan fingerprint density at radius 1 is 1.32 bits per heavy atom. The van der Waals surface area contributed by atoms with Crippen LogP contribution in [0.15, 0.2) is 34.4 Å². The molecule has 0 radical (unpaired) electrons. The van der Waals surface area contributed by atoms with Crippen molar-refractivity contribution in [3.8, 4) is 0 Å². The molecule has 2 aromatic rings. The lowest BCUT2D eigenvalue weighted by Crippen LogP contribution is -2.36. The van der Waals surface area contributed by atoms with Gasteiger partial charge in [-0.05, 0) is 50.8 Å². The van der Waals surface area contributed by atoms with E-state index in [-0.39, 0.29) is 11.7 Å². The van der Waals surface area contributed by atoms with Gasteiger partial charge in [0, 0.05) is 25.1 Å². The summed E-state index contributed by atoms with van der Waals surface area (Å²) in [5.41, 5.74) is 4.05. The Morgan fingerprint density at radius 3 is 2.72 bits per heavy atom. The first-order valence-electron chi connectivity index (χ1n) is 8.67. The smallest absolute Gasteiger partial charge is 0.222 e. The fourth-order valence-electron chi connectivity index (χ4n) is 3.27. The van der Waals surface area contributed by atoms with Gasteiger partial charge in [0.05, 0.1) is 5.69 Å². The fraction of sp³-hybridized carbons (Fsp3) is 0.400. The van der Waals surface area contributed by atoms with Crippen LogP contribution < -0.4 is 0 Å². The minimum absolute atomic E-state index is 0.171. The van der Waals surface area contributed by atoms with Gasteiger partial charge in [0.2, 0.25) is 5.91 Å². The van der Waals surface area contributed by atoms with E-state index in [4.69, 9.17) is 4.52 Å². The first-order chi connectivity index (χ1) is 12.0. The Morgan fingerprint density at radius 2 is 2.08 bits per heavy atom. The number of halogens is 1. The first kappa shape index (κ1) is 17.4. The molecule has 1 aromatic heterocycles. The monoisotopic (exact) mass is 342 g/mol. The van der Waals surface area contributed by atoms with Crippen LogP contribution in [-0.2, 0) is 11.2 Å². The summed E-state index contributed by atoms with van der Waals surface area (Å²) in [6, 6.07) is 6.60. The number of hydrogen-bond acceptors (Lipinski definition) is 3. The third kappa shape index (κ3) is 4.35. The second-order valence-corrected chi connectivity index (χ2v) is 6.54. The number of hydrogen-bond donors (Lipinski definition) is 0. The van der Waals surface area contributed by atoms with Crippen molar-refractivity contribution in [3.05, 3.63) is 58.2 Å². The third-order valence-electron chi connectivity index (χ3n) is 4.75. The molecule has 25 heavy (non-hydrogen) atoms. The van der Waals surface area contributed by atoms with Crippen molar-refractivity contribution in [2.45, 2.75) is 39.5 Å². The second kappa shape index (κ2) is 7.64. The summed E-state index contributed by atoms with van der Waals surface area (Å²) in [5, 5.41) is 3.93. The summed E-state index contributed by atoms with van der Waals surface area (Å²) in [6.07, 6.45) is 4.87. The zero-order chi connectivity index (χ0) is 17.8. The van der Waals surface area contributed by atoms with Gasteiger partial charge in [-0.3, -0.25) is 4.79 Å². The summed E-state index contributed by atoms with van der Waals surface area (Å²) < 4.78 is 18.4. The molecule has 3 rings (SSSR count). The lowest BCUT2D eigenvalue weighted by molar-refractivity contribution is -0.131. The minimum atomic E-state index is -0.221. The molecule has 132 valence electrons. The van der Waals surface area contributed by atoms with Gasteiger partial charge in [-0.2, -0.15) is 0 Å². The van der Waals surface area contributed by atoms with Gasteiger partial charge >= 0.3 is 0 Å². The molecule has 5 heteroatoms. The van der Waals surface area contributed by atoms with E-state index in [0.29, 0.717) is 12.8 Å². The average Bonchev–Trinajstić information content (AvgIpc) is 2.92. The van der Waals surface area contributed by atoms with E-state index >= 15 is 0 Å². The summed E-state index contributed by atoms with van der Waals surface area (Å²) in [5.74, 6) is 0.746. The lowest BCUT2D eigenvalue weighted by Gasteiger charge is -2.28. The molecule has 1 amide bonds. The number of nitrogens with zero attached hydrogens (tertiary/aromatic N) is 2. The van der Waals surface area contributed by atoms with Crippen LogP contribution in [0.3, 0.4) is 0 Å². The van der Waals surface area contributed by atoms with Crippen molar-refractivity contribution >= 4 is 12.0 Å². The fourth-order valence-corrected chi connectivity index (χ4v) is 3.27. The van der Waals surface area contributed by atoms with Crippen LogP contribution in [0.25, 0.3) is 6.08 Å². The van der Waals surface area contributed by atoms with E-state index in [9.17, 15) is 9.18 Å². The topological polar surface area (TPSA) is 46.3 Å². The van der Waals surface area contributed by atoms with Gasteiger partial charge in [-0.15, -0.1) is 0 Å². The molecule has 1 aromatic carbocycles. The molecular weight excluding hydrogens is 319 g/mol. The molecule has 1 saturated heterocycles. The summed E-state index contributed by atoms with van der Waals surface area (Å²) >= 11 is 0. The van der Waals surface area contributed by atoms with E-state index in [1.807, 2.05) is 30.9 Å². The van der Waals surface area contributed by atoms with E-state index in [1.165, 1.54) is 17.7 Å². The van der Waals surface area contributed by atoms with Crippen molar-refractivity contribution in [1.29, 1.82) is 0 Å². The van der Waals surface area contributed by atoms with E-state index in [2.05, 4.69) is 5.16 Å². The van der Waals surface area contributed by atoms with Gasteiger partial charge in [-0.25, -0.2) is 4.39 Å². The molecule has 2 heterocycles. The standard InChI is InChI=1S/C20H23FN2O2/c1-14-19(15(2)25-22-14)6-7-20(24)23-10-8-16(9-11-23)12-17-4-3-5-18(21)13-17/h3-5,12-13H,6-11H2,1-2H3. The van der Waals surface area contributed by atoms with Crippen molar-refractivity contribution in [1.82, 2.24) is 10.1 Å². The van der Waals surface area contributed by atoms with Crippen LogP contribution in [0.5, 0.6) is 0 Å². The molecule has 1 aliphatic rings. The van der Waals surface area contributed by atoms with E-state index in [0.717, 1.165) is 48.5 Å². The molecule has 0 unspecified atom stereocenters. The van der Waals surface area contributed by atoms with Crippen molar-refractivity contribution < 1.29 is 13.7 Å². The Labute approximate surface area is 147 Å². The van der Waals surface area contributed by atoms with Gasteiger partial charge in [-0.1, -0.05) is 28.9 Å². The van der Waals surface area contributed by atoms with Gasteiger partial charge in [0.15, 0.2) is 0 Å². The highest BCUT2D eigenvalue weighted by molar-refractivity contribution is 5.76. The summed E-state index contributed by atoms with van der Waals surface area (Å²) in [4.78, 5) is 14.3. The normalized spacial score (nSPS) is 14.7. The molecule has 0 saturated carbocycles. The zero-order valence-electron chi connectivity index (χ0n) is 14.7. The van der Waals surface area contributed by atoms with Crippen molar-refractivity contribution in [3.63, 3.8) is 0 Å². The third-order valence-corrected chi connectivity index (χ3v) is 4.75. The maximum Gasteiger partial charge on any atom is 0.222 e. The number of piperidine rings is 1. The minimum Gasteiger partial charge on any atom is -0.361 e. The van der Waals surface area contributed by atoms with Crippen molar-refractivity contribution in [2.24, 2.45) is 0 Å². The maximum atomic E-state index is 13.3. The van der Waals surface area contributed by atoms with Gasteiger partial charge < -0.3 is 9.42 Å². The second-order valence-electron chi connectivity index (χ2n) is 6.54. The Balaban J connectivity index is 1.52. The largest absolute Gasteiger partial charge is 0.361 e. The average molecular weight is 342 g/mol. The van der Waals surface area contributed by atoms with E-state index < -0.39 is 0 Å². The van der Waals surface area contributed by atoms with E-state index in [1.54, 1.807) is 6.07 Å². The summed E-state index contributed by atoms with van der Waals surface area (Å²) in [6.45, 7) is 5.23. The molecule has 1 aliphatic heterocycles. The quantitative estimate of drug-likeness (QED) is 0.841. The molecule has 0 atom stereocenters. The highest BCUT2D eigenvalue weighted by atomic mass is 19.1. The molecule has 1 fully saturated rings. The molecular formula is C20H23FN2O2. The Hall–Kier alpha value is -2.43. The first-order valence-corrected chi connectivity index (χ1v) is 8.67. The van der Waals surface area contributed by atoms with Crippen LogP contribution in [-0.4, -0.2) is 29.1 Å². The Bertz CT molecular complexity index is 765. The highest BCUT2D eigenvalue weighted by Crippen LogP contribution is 2.21. The van der Waals surface area contributed by atoms with Crippen LogP contribution in [0.1, 0.15) is 41.8 Å². The predicted octanol–water partition coefficient (Wildman–Crippen LogP) is 4.07. The van der Waals surface area contributed by atoms with Crippen LogP contribution in [0.4, 0.5) is 4.39 Å². The number of rotatable bonds is 4. The summed E-state index contributed by atoms with van der Waals surface area (Å²) in [7, 11) is 0. The zero-order valence-corrected chi connectivity index (χ0v) is 14.7.